The average Bonchev–Trinajstić information content (AvgIpc) is 2.93. The van der Waals surface area contributed by atoms with E-state index in [-0.39, 0.29) is 11.1 Å². The predicted octanol–water partition coefficient (Wildman–Crippen LogP) is 3.79. The molecule has 0 saturated carbocycles. The number of halogens is 2. The third-order valence-corrected chi connectivity index (χ3v) is 4.56. The fourth-order valence-electron chi connectivity index (χ4n) is 2.19. The number of imidazole rings is 1. The molecule has 0 fully saturated rings. The SMILES string of the molecule is Cc1csc(C(C)n2c(N)nc3cc(F)c(Cl)cc32)n1. The summed E-state index contributed by atoms with van der Waals surface area (Å²) >= 11 is 7.41. The number of anilines is 1. The van der Waals surface area contributed by atoms with Crippen LogP contribution in [-0.2, 0) is 0 Å². The molecule has 0 bridgehead atoms. The van der Waals surface area contributed by atoms with E-state index in [0.29, 0.717) is 17.0 Å². The van der Waals surface area contributed by atoms with Crippen LogP contribution < -0.4 is 5.73 Å². The fourth-order valence-corrected chi connectivity index (χ4v) is 3.19. The molecular weight excluding hydrogens is 299 g/mol. The summed E-state index contributed by atoms with van der Waals surface area (Å²) in [4.78, 5) is 8.65. The van der Waals surface area contributed by atoms with E-state index < -0.39 is 5.82 Å². The minimum Gasteiger partial charge on any atom is -0.369 e. The fraction of sp³-hybridized carbons (Fsp3) is 0.231. The lowest BCUT2D eigenvalue weighted by molar-refractivity contribution is 0.629. The molecule has 20 heavy (non-hydrogen) atoms. The van der Waals surface area contributed by atoms with Crippen molar-refractivity contribution in [2.24, 2.45) is 0 Å². The van der Waals surface area contributed by atoms with E-state index in [1.165, 1.54) is 6.07 Å². The second kappa shape index (κ2) is 4.71. The molecule has 1 unspecified atom stereocenters. The molecule has 0 aliphatic carbocycles. The van der Waals surface area contributed by atoms with Gasteiger partial charge in [-0.25, -0.2) is 14.4 Å². The minimum atomic E-state index is -0.499. The highest BCUT2D eigenvalue weighted by molar-refractivity contribution is 7.09. The van der Waals surface area contributed by atoms with E-state index in [4.69, 9.17) is 17.3 Å². The van der Waals surface area contributed by atoms with Gasteiger partial charge in [0.2, 0.25) is 5.95 Å². The smallest absolute Gasteiger partial charge is 0.201 e. The maximum atomic E-state index is 13.5. The Hall–Kier alpha value is -1.66. The van der Waals surface area contributed by atoms with Crippen molar-refractivity contribution in [1.29, 1.82) is 0 Å². The first-order valence-corrected chi connectivity index (χ1v) is 7.27. The molecule has 1 aromatic carbocycles. The van der Waals surface area contributed by atoms with Gasteiger partial charge in [0.1, 0.15) is 10.8 Å². The zero-order valence-electron chi connectivity index (χ0n) is 10.9. The van der Waals surface area contributed by atoms with Crippen LogP contribution in [0.4, 0.5) is 10.3 Å². The Kier molecular flexibility index (Phi) is 3.14. The summed E-state index contributed by atoms with van der Waals surface area (Å²) in [6.07, 6.45) is 0. The van der Waals surface area contributed by atoms with E-state index in [0.717, 1.165) is 10.7 Å². The van der Waals surface area contributed by atoms with Gasteiger partial charge in [0.05, 0.1) is 22.1 Å². The summed E-state index contributed by atoms with van der Waals surface area (Å²) in [5, 5.41) is 2.96. The van der Waals surface area contributed by atoms with Gasteiger partial charge in [-0.2, -0.15) is 0 Å². The van der Waals surface area contributed by atoms with Crippen LogP contribution in [0.3, 0.4) is 0 Å². The van der Waals surface area contributed by atoms with Crippen molar-refractivity contribution in [2.75, 3.05) is 5.73 Å². The van der Waals surface area contributed by atoms with E-state index in [1.807, 2.05) is 23.8 Å². The van der Waals surface area contributed by atoms with Gasteiger partial charge in [-0.1, -0.05) is 11.6 Å². The van der Waals surface area contributed by atoms with Crippen LogP contribution in [0.25, 0.3) is 11.0 Å². The molecular formula is C13H12ClFN4S. The standard InChI is InChI=1S/C13H12ClFN4S/c1-6-5-20-12(17-6)7(2)19-11-3-8(14)9(15)4-10(11)18-13(19)16/h3-5,7H,1-2H3,(H2,16,18). The Morgan fingerprint density at radius 3 is 2.80 bits per heavy atom. The van der Waals surface area contributed by atoms with Gasteiger partial charge in [-0.05, 0) is 19.9 Å². The Balaban J connectivity index is 2.20. The number of hydrogen-bond donors (Lipinski definition) is 1. The molecule has 2 heterocycles. The Morgan fingerprint density at radius 1 is 1.40 bits per heavy atom. The summed E-state index contributed by atoms with van der Waals surface area (Å²) < 4.78 is 15.3. The van der Waals surface area contributed by atoms with Crippen molar-refractivity contribution >= 4 is 39.9 Å². The number of aromatic nitrogens is 3. The normalized spacial score (nSPS) is 13.0. The van der Waals surface area contributed by atoms with E-state index in [1.54, 1.807) is 17.4 Å². The van der Waals surface area contributed by atoms with Crippen LogP contribution in [0.1, 0.15) is 23.7 Å². The molecule has 0 amide bonds. The molecule has 2 N–H and O–H groups in total. The van der Waals surface area contributed by atoms with Crippen molar-refractivity contribution in [1.82, 2.24) is 14.5 Å². The van der Waals surface area contributed by atoms with E-state index >= 15 is 0 Å². The van der Waals surface area contributed by atoms with Crippen molar-refractivity contribution < 1.29 is 4.39 Å². The monoisotopic (exact) mass is 310 g/mol. The first kappa shape index (κ1) is 13.3. The molecule has 0 spiro atoms. The van der Waals surface area contributed by atoms with Gasteiger partial charge in [0.15, 0.2) is 0 Å². The maximum Gasteiger partial charge on any atom is 0.201 e. The van der Waals surface area contributed by atoms with Crippen molar-refractivity contribution in [3.63, 3.8) is 0 Å². The Bertz CT molecular complexity index is 795. The van der Waals surface area contributed by atoms with Gasteiger partial charge in [0.25, 0.3) is 0 Å². The number of aryl methyl sites for hydroxylation is 1. The molecule has 0 aliphatic heterocycles. The minimum absolute atomic E-state index is 0.0566. The molecule has 4 nitrogen and oxygen atoms in total. The van der Waals surface area contributed by atoms with Crippen LogP contribution in [0.5, 0.6) is 0 Å². The van der Waals surface area contributed by atoms with Crippen LogP contribution in [-0.4, -0.2) is 14.5 Å². The largest absolute Gasteiger partial charge is 0.369 e. The van der Waals surface area contributed by atoms with Crippen molar-refractivity contribution in [3.05, 3.63) is 39.1 Å². The first-order chi connectivity index (χ1) is 9.47. The molecule has 3 aromatic rings. The summed E-state index contributed by atoms with van der Waals surface area (Å²) in [6, 6.07) is 2.76. The zero-order valence-corrected chi connectivity index (χ0v) is 12.5. The first-order valence-electron chi connectivity index (χ1n) is 6.02. The second-order valence-corrected chi connectivity index (χ2v) is 5.90. The Labute approximate surface area is 124 Å². The van der Waals surface area contributed by atoms with E-state index in [2.05, 4.69) is 9.97 Å². The molecule has 0 radical (unpaired) electrons. The van der Waals surface area contributed by atoms with Crippen LogP contribution >= 0.6 is 22.9 Å². The third kappa shape index (κ3) is 2.05. The topological polar surface area (TPSA) is 56.7 Å². The zero-order chi connectivity index (χ0) is 14.4. The number of benzene rings is 1. The molecule has 1 atom stereocenters. The maximum absolute atomic E-state index is 13.5. The molecule has 3 rings (SSSR count). The number of nitrogen functional groups attached to an aromatic ring is 1. The highest BCUT2D eigenvalue weighted by Crippen LogP contribution is 2.31. The third-order valence-electron chi connectivity index (χ3n) is 3.14. The number of fused-ring (bicyclic) bond motifs is 1. The number of nitrogens with zero attached hydrogens (tertiary/aromatic N) is 3. The van der Waals surface area contributed by atoms with Gasteiger partial charge in [-0.15, -0.1) is 11.3 Å². The summed E-state index contributed by atoms with van der Waals surface area (Å²) in [7, 11) is 0. The van der Waals surface area contributed by atoms with E-state index in [9.17, 15) is 4.39 Å². The Morgan fingerprint density at radius 2 is 2.15 bits per heavy atom. The average molecular weight is 311 g/mol. The van der Waals surface area contributed by atoms with Gasteiger partial charge in [0, 0.05) is 17.1 Å². The summed E-state index contributed by atoms with van der Waals surface area (Å²) in [6.45, 7) is 3.92. The second-order valence-electron chi connectivity index (χ2n) is 4.60. The van der Waals surface area contributed by atoms with Crippen LogP contribution in [0.15, 0.2) is 17.5 Å². The lowest BCUT2D eigenvalue weighted by Crippen LogP contribution is -2.10. The number of nitrogens with two attached hydrogens (primary N) is 1. The summed E-state index contributed by atoms with van der Waals surface area (Å²) in [5.41, 5.74) is 8.12. The number of hydrogen-bond acceptors (Lipinski definition) is 4. The van der Waals surface area contributed by atoms with Gasteiger partial charge >= 0.3 is 0 Å². The molecule has 0 aliphatic rings. The van der Waals surface area contributed by atoms with Crippen molar-refractivity contribution in [3.8, 4) is 0 Å². The number of thiazole rings is 1. The van der Waals surface area contributed by atoms with Crippen LogP contribution in [0.2, 0.25) is 5.02 Å². The molecule has 0 saturated heterocycles. The highest BCUT2D eigenvalue weighted by Gasteiger charge is 2.19. The molecule has 2 aromatic heterocycles. The summed E-state index contributed by atoms with van der Waals surface area (Å²) in [5.74, 6) is -0.177. The predicted molar refractivity (Wildman–Crippen MR) is 79.8 cm³/mol. The van der Waals surface area contributed by atoms with Crippen molar-refractivity contribution in [2.45, 2.75) is 19.9 Å². The molecule has 7 heteroatoms. The lowest BCUT2D eigenvalue weighted by Gasteiger charge is -2.13. The van der Waals surface area contributed by atoms with Crippen LogP contribution in [0, 0.1) is 12.7 Å². The molecule has 104 valence electrons. The van der Waals surface area contributed by atoms with Gasteiger partial charge in [-0.3, -0.25) is 0 Å². The lowest BCUT2D eigenvalue weighted by atomic mass is 10.2. The quantitative estimate of drug-likeness (QED) is 0.783. The highest BCUT2D eigenvalue weighted by atomic mass is 35.5. The van der Waals surface area contributed by atoms with Gasteiger partial charge < -0.3 is 10.3 Å². The number of rotatable bonds is 2.